The standard InChI is InChI=1S/C10H10N4O/c1-8-3-2-4-9(11-8)5-14-6-10(7-15)12-13-14/h2-4,6-7H,5H2,1H3. The fourth-order valence-electron chi connectivity index (χ4n) is 1.30. The van der Waals surface area contributed by atoms with Gasteiger partial charge in [0.15, 0.2) is 6.29 Å². The van der Waals surface area contributed by atoms with E-state index in [4.69, 9.17) is 0 Å². The van der Waals surface area contributed by atoms with Crippen molar-refractivity contribution in [2.75, 3.05) is 0 Å². The summed E-state index contributed by atoms with van der Waals surface area (Å²) in [5.74, 6) is 0. The van der Waals surface area contributed by atoms with Gasteiger partial charge in [-0.1, -0.05) is 11.3 Å². The molecule has 2 aromatic heterocycles. The van der Waals surface area contributed by atoms with Gasteiger partial charge in [0, 0.05) is 5.69 Å². The number of aryl methyl sites for hydroxylation is 1. The molecule has 0 N–H and O–H groups in total. The Hall–Kier alpha value is -2.04. The minimum Gasteiger partial charge on any atom is -0.296 e. The summed E-state index contributed by atoms with van der Waals surface area (Å²) in [6.07, 6.45) is 2.27. The van der Waals surface area contributed by atoms with E-state index in [0.29, 0.717) is 18.5 Å². The fourth-order valence-corrected chi connectivity index (χ4v) is 1.30. The van der Waals surface area contributed by atoms with Gasteiger partial charge in [0.1, 0.15) is 5.69 Å². The monoisotopic (exact) mass is 202 g/mol. The van der Waals surface area contributed by atoms with Crippen molar-refractivity contribution >= 4 is 6.29 Å². The summed E-state index contributed by atoms with van der Waals surface area (Å²) in [6.45, 7) is 2.46. The molecule has 0 unspecified atom stereocenters. The molecule has 0 aliphatic rings. The summed E-state index contributed by atoms with van der Waals surface area (Å²) in [7, 11) is 0. The van der Waals surface area contributed by atoms with Crippen LogP contribution in [-0.4, -0.2) is 26.3 Å². The van der Waals surface area contributed by atoms with Crippen LogP contribution in [0.25, 0.3) is 0 Å². The number of hydrogen-bond donors (Lipinski definition) is 0. The molecule has 0 aromatic carbocycles. The molecular formula is C10H10N4O. The second kappa shape index (κ2) is 4.00. The van der Waals surface area contributed by atoms with Crippen molar-refractivity contribution in [3.8, 4) is 0 Å². The molecule has 0 saturated carbocycles. The van der Waals surface area contributed by atoms with Crippen LogP contribution in [0.4, 0.5) is 0 Å². The van der Waals surface area contributed by atoms with Crippen LogP contribution in [0.3, 0.4) is 0 Å². The maximum atomic E-state index is 10.4. The topological polar surface area (TPSA) is 60.7 Å². The molecule has 0 bridgehead atoms. The minimum absolute atomic E-state index is 0.336. The number of aldehydes is 1. The van der Waals surface area contributed by atoms with Crippen molar-refractivity contribution in [1.29, 1.82) is 0 Å². The zero-order valence-corrected chi connectivity index (χ0v) is 8.29. The Morgan fingerprint density at radius 3 is 3.00 bits per heavy atom. The van der Waals surface area contributed by atoms with Gasteiger partial charge >= 0.3 is 0 Å². The van der Waals surface area contributed by atoms with E-state index in [0.717, 1.165) is 11.4 Å². The molecule has 76 valence electrons. The van der Waals surface area contributed by atoms with Crippen LogP contribution in [0.15, 0.2) is 24.4 Å². The highest BCUT2D eigenvalue weighted by Crippen LogP contribution is 2.00. The molecule has 0 saturated heterocycles. The van der Waals surface area contributed by atoms with Gasteiger partial charge in [-0.05, 0) is 19.1 Å². The fraction of sp³-hybridized carbons (Fsp3) is 0.200. The van der Waals surface area contributed by atoms with E-state index < -0.39 is 0 Å². The summed E-state index contributed by atoms with van der Waals surface area (Å²) in [5.41, 5.74) is 2.20. The van der Waals surface area contributed by atoms with Crippen molar-refractivity contribution in [2.45, 2.75) is 13.5 Å². The Bertz CT molecular complexity index is 478. The first kappa shape index (κ1) is 9.51. The average Bonchev–Trinajstić information content (AvgIpc) is 2.65. The van der Waals surface area contributed by atoms with Crippen LogP contribution < -0.4 is 0 Å². The van der Waals surface area contributed by atoms with Crippen LogP contribution in [0, 0.1) is 6.92 Å². The van der Waals surface area contributed by atoms with Crippen molar-refractivity contribution < 1.29 is 4.79 Å². The third kappa shape index (κ3) is 2.25. The molecule has 0 aliphatic heterocycles. The molecule has 0 amide bonds. The summed E-state index contributed by atoms with van der Waals surface area (Å²) >= 11 is 0. The summed E-state index contributed by atoms with van der Waals surface area (Å²) in [4.78, 5) is 14.7. The van der Waals surface area contributed by atoms with Crippen LogP contribution in [0.5, 0.6) is 0 Å². The first-order valence-electron chi connectivity index (χ1n) is 4.56. The Balaban J connectivity index is 2.18. The zero-order chi connectivity index (χ0) is 10.7. The molecular weight excluding hydrogens is 192 g/mol. The van der Waals surface area contributed by atoms with E-state index in [9.17, 15) is 4.79 Å². The third-order valence-corrected chi connectivity index (χ3v) is 1.95. The summed E-state index contributed by atoms with van der Waals surface area (Å²) in [6, 6.07) is 5.78. The molecule has 0 aliphatic carbocycles. The summed E-state index contributed by atoms with van der Waals surface area (Å²) < 4.78 is 1.59. The van der Waals surface area contributed by atoms with Crippen molar-refractivity contribution in [3.05, 3.63) is 41.5 Å². The Labute approximate surface area is 86.8 Å². The lowest BCUT2D eigenvalue weighted by Crippen LogP contribution is -2.02. The van der Waals surface area contributed by atoms with Crippen LogP contribution >= 0.6 is 0 Å². The maximum Gasteiger partial charge on any atom is 0.171 e. The smallest absolute Gasteiger partial charge is 0.171 e. The van der Waals surface area contributed by atoms with E-state index in [2.05, 4.69) is 15.3 Å². The van der Waals surface area contributed by atoms with Gasteiger partial charge in [-0.15, -0.1) is 5.10 Å². The van der Waals surface area contributed by atoms with Crippen LogP contribution in [0.2, 0.25) is 0 Å². The average molecular weight is 202 g/mol. The second-order valence-corrected chi connectivity index (χ2v) is 3.23. The zero-order valence-electron chi connectivity index (χ0n) is 8.29. The molecule has 2 rings (SSSR count). The van der Waals surface area contributed by atoms with Crippen LogP contribution in [-0.2, 0) is 6.54 Å². The van der Waals surface area contributed by atoms with E-state index in [-0.39, 0.29) is 0 Å². The van der Waals surface area contributed by atoms with Gasteiger partial charge < -0.3 is 0 Å². The number of pyridine rings is 1. The number of aromatic nitrogens is 4. The summed E-state index contributed by atoms with van der Waals surface area (Å²) in [5, 5.41) is 7.48. The van der Waals surface area contributed by atoms with E-state index >= 15 is 0 Å². The molecule has 0 atom stereocenters. The lowest BCUT2D eigenvalue weighted by Gasteiger charge is -2.00. The van der Waals surface area contributed by atoms with Gasteiger partial charge in [-0.25, -0.2) is 4.68 Å². The number of hydrogen-bond acceptors (Lipinski definition) is 4. The Morgan fingerprint density at radius 2 is 2.33 bits per heavy atom. The minimum atomic E-state index is 0.336. The highest BCUT2D eigenvalue weighted by atomic mass is 16.1. The second-order valence-electron chi connectivity index (χ2n) is 3.23. The van der Waals surface area contributed by atoms with Gasteiger partial charge in [0.25, 0.3) is 0 Å². The normalized spacial score (nSPS) is 10.2. The van der Waals surface area contributed by atoms with Gasteiger partial charge in [0.05, 0.1) is 18.4 Å². The molecule has 2 heterocycles. The van der Waals surface area contributed by atoms with E-state index in [1.807, 2.05) is 25.1 Å². The van der Waals surface area contributed by atoms with E-state index in [1.165, 1.54) is 0 Å². The lowest BCUT2D eigenvalue weighted by atomic mass is 10.3. The van der Waals surface area contributed by atoms with Crippen LogP contribution in [0.1, 0.15) is 21.9 Å². The first-order chi connectivity index (χ1) is 7.28. The predicted molar refractivity (Wildman–Crippen MR) is 53.5 cm³/mol. The number of carbonyl (C=O) groups excluding carboxylic acids is 1. The highest BCUT2D eigenvalue weighted by Gasteiger charge is 2.00. The lowest BCUT2D eigenvalue weighted by molar-refractivity contribution is 0.111. The Kier molecular flexibility index (Phi) is 2.53. The molecule has 5 heteroatoms. The predicted octanol–water partition coefficient (Wildman–Crippen LogP) is 0.842. The molecule has 5 nitrogen and oxygen atoms in total. The van der Waals surface area contributed by atoms with Crippen molar-refractivity contribution in [3.63, 3.8) is 0 Å². The largest absolute Gasteiger partial charge is 0.296 e. The number of carbonyl (C=O) groups is 1. The van der Waals surface area contributed by atoms with Gasteiger partial charge in [-0.2, -0.15) is 0 Å². The van der Waals surface area contributed by atoms with Crippen molar-refractivity contribution in [2.24, 2.45) is 0 Å². The Morgan fingerprint density at radius 1 is 1.47 bits per heavy atom. The number of rotatable bonds is 3. The first-order valence-corrected chi connectivity index (χ1v) is 4.56. The SMILES string of the molecule is Cc1cccc(Cn2cc(C=O)nn2)n1. The highest BCUT2D eigenvalue weighted by molar-refractivity contribution is 5.70. The third-order valence-electron chi connectivity index (χ3n) is 1.95. The van der Waals surface area contributed by atoms with Gasteiger partial charge in [-0.3, -0.25) is 9.78 Å². The maximum absolute atomic E-state index is 10.4. The molecule has 0 radical (unpaired) electrons. The molecule has 15 heavy (non-hydrogen) atoms. The van der Waals surface area contributed by atoms with Gasteiger partial charge in [0.2, 0.25) is 0 Å². The van der Waals surface area contributed by atoms with Crippen molar-refractivity contribution in [1.82, 2.24) is 20.0 Å². The molecule has 0 fully saturated rings. The molecule has 2 aromatic rings. The molecule has 0 spiro atoms. The number of nitrogens with zero attached hydrogens (tertiary/aromatic N) is 4. The quantitative estimate of drug-likeness (QED) is 0.692. The van der Waals surface area contributed by atoms with E-state index in [1.54, 1.807) is 10.9 Å².